The average Bonchev–Trinajstić information content (AvgIpc) is 1.95. The second kappa shape index (κ2) is 3.46. The smallest absolute Gasteiger partial charge is 0.0421 e. The maximum atomic E-state index is 5.19. The fraction of sp³-hybridized carbons (Fsp3) is 0.375. The summed E-state index contributed by atoms with van der Waals surface area (Å²) < 4.78 is 0. The highest BCUT2D eigenvalue weighted by Crippen LogP contribution is 2.04. The molecule has 0 unspecified atom stereocenters. The molecular formula is C8H13N3. The van der Waals surface area contributed by atoms with Crippen LogP contribution in [0.25, 0.3) is 0 Å². The Hall–Kier alpha value is -0.930. The topological polar surface area (TPSA) is 50.9 Å². The van der Waals surface area contributed by atoms with Crippen molar-refractivity contribution in [3.8, 4) is 0 Å². The van der Waals surface area contributed by atoms with Crippen LogP contribution in [-0.4, -0.2) is 4.98 Å². The van der Waals surface area contributed by atoms with E-state index in [1.54, 1.807) is 0 Å². The van der Waals surface area contributed by atoms with Crippen LogP contribution < -0.4 is 11.3 Å². The summed E-state index contributed by atoms with van der Waals surface area (Å²) in [7, 11) is 0. The van der Waals surface area contributed by atoms with Crippen LogP contribution >= 0.6 is 0 Å². The van der Waals surface area contributed by atoms with Gasteiger partial charge in [0.2, 0.25) is 0 Å². The van der Waals surface area contributed by atoms with Crippen LogP contribution in [0.15, 0.2) is 12.1 Å². The van der Waals surface area contributed by atoms with Crippen LogP contribution in [0.3, 0.4) is 0 Å². The van der Waals surface area contributed by atoms with Gasteiger partial charge >= 0.3 is 0 Å². The molecule has 1 aromatic heterocycles. The second-order valence-corrected chi connectivity index (χ2v) is 2.58. The first-order chi connectivity index (χ1) is 5.24. The first kappa shape index (κ1) is 8.17. The van der Waals surface area contributed by atoms with Gasteiger partial charge in [-0.25, -0.2) is 0 Å². The fourth-order valence-corrected chi connectivity index (χ4v) is 1.01. The molecule has 0 bridgehead atoms. The van der Waals surface area contributed by atoms with Crippen molar-refractivity contribution in [2.24, 2.45) is 5.84 Å². The van der Waals surface area contributed by atoms with Gasteiger partial charge in [0.1, 0.15) is 0 Å². The summed E-state index contributed by atoms with van der Waals surface area (Å²) in [6.45, 7) is 4.64. The SMILES string of the molecule is Cc1ccc(CNN)c(C)n1. The van der Waals surface area contributed by atoms with Crippen molar-refractivity contribution in [3.05, 3.63) is 29.1 Å². The second-order valence-electron chi connectivity index (χ2n) is 2.58. The predicted molar refractivity (Wildman–Crippen MR) is 44.7 cm³/mol. The molecule has 0 saturated carbocycles. The minimum Gasteiger partial charge on any atom is -0.271 e. The van der Waals surface area contributed by atoms with Gasteiger partial charge in [0.05, 0.1) is 0 Å². The van der Waals surface area contributed by atoms with Crippen molar-refractivity contribution in [2.45, 2.75) is 20.4 Å². The first-order valence-electron chi connectivity index (χ1n) is 3.60. The number of pyridine rings is 1. The Labute approximate surface area is 66.6 Å². The number of nitrogens with two attached hydrogens (primary N) is 1. The van der Waals surface area contributed by atoms with Crippen molar-refractivity contribution < 1.29 is 0 Å². The van der Waals surface area contributed by atoms with Crippen molar-refractivity contribution in [1.82, 2.24) is 10.4 Å². The molecule has 0 spiro atoms. The zero-order valence-electron chi connectivity index (χ0n) is 6.89. The Morgan fingerprint density at radius 1 is 1.45 bits per heavy atom. The standard InChI is InChI=1S/C8H13N3/c1-6-3-4-8(5-10-9)7(2)11-6/h3-4,10H,5,9H2,1-2H3. The van der Waals surface area contributed by atoms with E-state index in [0.29, 0.717) is 6.54 Å². The lowest BCUT2D eigenvalue weighted by Crippen LogP contribution is -2.21. The third-order valence-corrected chi connectivity index (χ3v) is 1.63. The highest BCUT2D eigenvalue weighted by atomic mass is 15.2. The zero-order valence-corrected chi connectivity index (χ0v) is 6.89. The van der Waals surface area contributed by atoms with Gasteiger partial charge in [-0.05, 0) is 25.5 Å². The lowest BCUT2D eigenvalue weighted by atomic mass is 10.2. The molecule has 0 radical (unpaired) electrons. The molecular weight excluding hydrogens is 138 g/mol. The zero-order chi connectivity index (χ0) is 8.27. The largest absolute Gasteiger partial charge is 0.271 e. The van der Waals surface area contributed by atoms with E-state index < -0.39 is 0 Å². The van der Waals surface area contributed by atoms with Gasteiger partial charge in [0.15, 0.2) is 0 Å². The maximum absolute atomic E-state index is 5.19. The van der Waals surface area contributed by atoms with Crippen LogP contribution in [0.1, 0.15) is 17.0 Å². The van der Waals surface area contributed by atoms with Crippen molar-refractivity contribution >= 4 is 0 Å². The monoisotopic (exact) mass is 151 g/mol. The molecule has 0 saturated heterocycles. The van der Waals surface area contributed by atoms with E-state index in [4.69, 9.17) is 5.84 Å². The molecule has 1 heterocycles. The van der Waals surface area contributed by atoms with E-state index in [0.717, 1.165) is 17.0 Å². The summed E-state index contributed by atoms with van der Waals surface area (Å²) in [6.07, 6.45) is 0. The summed E-state index contributed by atoms with van der Waals surface area (Å²) in [5, 5.41) is 0. The van der Waals surface area contributed by atoms with Gasteiger partial charge in [-0.3, -0.25) is 16.3 Å². The lowest BCUT2D eigenvalue weighted by molar-refractivity contribution is 0.732. The molecule has 60 valence electrons. The van der Waals surface area contributed by atoms with Crippen molar-refractivity contribution in [3.63, 3.8) is 0 Å². The molecule has 0 aliphatic heterocycles. The van der Waals surface area contributed by atoms with Crippen molar-refractivity contribution in [2.75, 3.05) is 0 Å². The summed E-state index contributed by atoms with van der Waals surface area (Å²) in [4.78, 5) is 4.30. The molecule has 0 fully saturated rings. The third-order valence-electron chi connectivity index (χ3n) is 1.63. The Bertz CT molecular complexity index is 245. The molecule has 0 aliphatic carbocycles. The number of rotatable bonds is 2. The van der Waals surface area contributed by atoms with E-state index in [1.807, 2.05) is 26.0 Å². The molecule has 0 amide bonds. The summed E-state index contributed by atoms with van der Waals surface area (Å²) in [6, 6.07) is 4.02. The number of hydrogen-bond acceptors (Lipinski definition) is 3. The van der Waals surface area contributed by atoms with E-state index in [2.05, 4.69) is 10.4 Å². The quantitative estimate of drug-likeness (QED) is 0.482. The average molecular weight is 151 g/mol. The molecule has 3 nitrogen and oxygen atoms in total. The number of hydrogen-bond donors (Lipinski definition) is 2. The van der Waals surface area contributed by atoms with Crippen LogP contribution in [-0.2, 0) is 6.54 Å². The van der Waals surface area contributed by atoms with E-state index in [9.17, 15) is 0 Å². The number of aryl methyl sites for hydroxylation is 2. The van der Waals surface area contributed by atoms with Gasteiger partial charge < -0.3 is 0 Å². The Morgan fingerprint density at radius 2 is 2.18 bits per heavy atom. The van der Waals surface area contributed by atoms with Crippen molar-refractivity contribution in [1.29, 1.82) is 0 Å². The Morgan fingerprint density at radius 3 is 2.73 bits per heavy atom. The van der Waals surface area contributed by atoms with Gasteiger partial charge in [-0.1, -0.05) is 6.07 Å². The van der Waals surface area contributed by atoms with Gasteiger partial charge in [-0.2, -0.15) is 0 Å². The van der Waals surface area contributed by atoms with Gasteiger partial charge in [-0.15, -0.1) is 0 Å². The highest BCUT2D eigenvalue weighted by Gasteiger charge is 1.96. The molecule has 3 N–H and O–H groups in total. The maximum Gasteiger partial charge on any atom is 0.0421 e. The fourth-order valence-electron chi connectivity index (χ4n) is 1.01. The highest BCUT2D eigenvalue weighted by molar-refractivity contribution is 5.21. The minimum absolute atomic E-state index is 0.680. The van der Waals surface area contributed by atoms with Crippen LogP contribution in [0.5, 0.6) is 0 Å². The van der Waals surface area contributed by atoms with E-state index in [-0.39, 0.29) is 0 Å². The molecule has 1 aromatic rings. The Balaban J connectivity index is 2.90. The summed E-state index contributed by atoms with van der Waals surface area (Å²) in [5.74, 6) is 5.19. The summed E-state index contributed by atoms with van der Waals surface area (Å²) >= 11 is 0. The molecule has 0 atom stereocenters. The molecule has 0 aliphatic rings. The first-order valence-corrected chi connectivity index (χ1v) is 3.60. The third kappa shape index (κ3) is 2.00. The lowest BCUT2D eigenvalue weighted by Gasteiger charge is -2.03. The number of hydrazine groups is 1. The number of nitrogens with zero attached hydrogens (tertiary/aromatic N) is 1. The van der Waals surface area contributed by atoms with Gasteiger partial charge in [0.25, 0.3) is 0 Å². The Kier molecular flexibility index (Phi) is 2.57. The molecule has 1 rings (SSSR count). The number of aromatic nitrogens is 1. The summed E-state index contributed by atoms with van der Waals surface area (Å²) in [5.41, 5.74) is 5.84. The number of nitrogens with one attached hydrogen (secondary N) is 1. The molecule has 3 heteroatoms. The molecule has 0 aromatic carbocycles. The van der Waals surface area contributed by atoms with Crippen LogP contribution in [0.4, 0.5) is 0 Å². The predicted octanol–water partition coefficient (Wildman–Crippen LogP) is 0.662. The minimum atomic E-state index is 0.680. The molecule has 11 heavy (non-hydrogen) atoms. The van der Waals surface area contributed by atoms with Crippen LogP contribution in [0, 0.1) is 13.8 Å². The van der Waals surface area contributed by atoms with E-state index in [1.165, 1.54) is 0 Å². The normalized spacial score (nSPS) is 10.1. The van der Waals surface area contributed by atoms with E-state index >= 15 is 0 Å². The van der Waals surface area contributed by atoms with Gasteiger partial charge in [0, 0.05) is 17.9 Å². The van der Waals surface area contributed by atoms with Crippen LogP contribution in [0.2, 0.25) is 0 Å².